The second kappa shape index (κ2) is 7.91. The first-order valence-corrected chi connectivity index (χ1v) is 8.59. The van der Waals surface area contributed by atoms with Crippen molar-refractivity contribution in [3.05, 3.63) is 48.5 Å². The molecule has 1 saturated heterocycles. The molecule has 6 nitrogen and oxygen atoms in total. The van der Waals surface area contributed by atoms with Crippen molar-refractivity contribution in [2.45, 2.75) is 13.3 Å². The maximum atomic E-state index is 12.5. The van der Waals surface area contributed by atoms with Gasteiger partial charge in [-0.15, -0.1) is 0 Å². The Kier molecular flexibility index (Phi) is 5.41. The van der Waals surface area contributed by atoms with Crippen LogP contribution in [0.5, 0.6) is 11.5 Å². The van der Waals surface area contributed by atoms with Gasteiger partial charge in [0.25, 0.3) is 0 Å². The second-order valence-electron chi connectivity index (χ2n) is 6.05. The van der Waals surface area contributed by atoms with Gasteiger partial charge in [0.2, 0.25) is 11.8 Å². The Hall–Kier alpha value is -3.02. The van der Waals surface area contributed by atoms with Gasteiger partial charge in [-0.1, -0.05) is 0 Å². The number of hydrogen-bond donors (Lipinski definition) is 1. The van der Waals surface area contributed by atoms with E-state index in [1.165, 1.54) is 0 Å². The normalized spacial score (nSPS) is 16.5. The van der Waals surface area contributed by atoms with Gasteiger partial charge in [-0.3, -0.25) is 9.59 Å². The van der Waals surface area contributed by atoms with E-state index in [-0.39, 0.29) is 24.2 Å². The molecule has 2 aromatic carbocycles. The van der Waals surface area contributed by atoms with Crippen LogP contribution >= 0.6 is 0 Å². The molecular weight excluding hydrogens is 332 g/mol. The highest BCUT2D eigenvalue weighted by Gasteiger charge is 2.35. The first kappa shape index (κ1) is 17.8. The van der Waals surface area contributed by atoms with Gasteiger partial charge in [0, 0.05) is 24.3 Å². The average Bonchev–Trinajstić information content (AvgIpc) is 3.05. The molecule has 1 heterocycles. The number of amides is 2. The maximum absolute atomic E-state index is 12.5. The molecule has 1 N–H and O–H groups in total. The topological polar surface area (TPSA) is 67.9 Å². The fraction of sp³-hybridized carbons (Fsp3) is 0.300. The van der Waals surface area contributed by atoms with E-state index < -0.39 is 0 Å². The molecule has 26 heavy (non-hydrogen) atoms. The molecule has 3 rings (SSSR count). The summed E-state index contributed by atoms with van der Waals surface area (Å²) >= 11 is 0. The van der Waals surface area contributed by atoms with Crippen molar-refractivity contribution in [1.29, 1.82) is 0 Å². The average molecular weight is 354 g/mol. The summed E-state index contributed by atoms with van der Waals surface area (Å²) in [5.41, 5.74) is 1.46. The lowest BCUT2D eigenvalue weighted by molar-refractivity contribution is -0.122. The highest BCUT2D eigenvalue weighted by Crippen LogP contribution is 2.28. The minimum atomic E-state index is -0.379. The van der Waals surface area contributed by atoms with E-state index in [1.54, 1.807) is 36.3 Å². The number of benzene rings is 2. The lowest BCUT2D eigenvalue weighted by atomic mass is 10.1. The van der Waals surface area contributed by atoms with E-state index in [4.69, 9.17) is 9.47 Å². The summed E-state index contributed by atoms with van der Waals surface area (Å²) in [5.74, 6) is 0.898. The first-order chi connectivity index (χ1) is 12.6. The fourth-order valence-electron chi connectivity index (χ4n) is 2.94. The quantitative estimate of drug-likeness (QED) is 0.866. The highest BCUT2D eigenvalue weighted by atomic mass is 16.5. The molecule has 0 aliphatic carbocycles. The number of methoxy groups -OCH3 is 1. The third-order valence-electron chi connectivity index (χ3n) is 4.31. The van der Waals surface area contributed by atoms with Crippen LogP contribution in [0.4, 0.5) is 11.4 Å². The maximum Gasteiger partial charge on any atom is 0.229 e. The number of carbonyl (C=O) groups is 2. The van der Waals surface area contributed by atoms with Crippen LogP contribution in [0.1, 0.15) is 13.3 Å². The third-order valence-corrected chi connectivity index (χ3v) is 4.31. The van der Waals surface area contributed by atoms with Crippen LogP contribution in [-0.4, -0.2) is 32.1 Å². The van der Waals surface area contributed by atoms with Gasteiger partial charge in [-0.2, -0.15) is 0 Å². The zero-order valence-electron chi connectivity index (χ0n) is 14.9. The summed E-state index contributed by atoms with van der Waals surface area (Å²) < 4.78 is 10.5. The zero-order valence-corrected chi connectivity index (χ0v) is 14.9. The molecule has 136 valence electrons. The molecule has 0 saturated carbocycles. The molecule has 1 aliphatic heterocycles. The Labute approximate surface area is 152 Å². The van der Waals surface area contributed by atoms with E-state index in [9.17, 15) is 9.59 Å². The predicted molar refractivity (Wildman–Crippen MR) is 99.7 cm³/mol. The number of carbonyl (C=O) groups excluding carboxylic acids is 2. The van der Waals surface area contributed by atoms with Gasteiger partial charge in [0.05, 0.1) is 19.6 Å². The molecule has 1 aliphatic rings. The van der Waals surface area contributed by atoms with Crippen molar-refractivity contribution in [3.63, 3.8) is 0 Å². The summed E-state index contributed by atoms with van der Waals surface area (Å²) in [6.45, 7) is 2.88. The summed E-state index contributed by atoms with van der Waals surface area (Å²) in [4.78, 5) is 26.5. The van der Waals surface area contributed by atoms with Crippen molar-refractivity contribution in [2.75, 3.05) is 30.5 Å². The Morgan fingerprint density at radius 3 is 2.38 bits per heavy atom. The van der Waals surface area contributed by atoms with Gasteiger partial charge >= 0.3 is 0 Å². The largest absolute Gasteiger partial charge is 0.497 e. The van der Waals surface area contributed by atoms with Crippen molar-refractivity contribution in [2.24, 2.45) is 5.92 Å². The van der Waals surface area contributed by atoms with Crippen molar-refractivity contribution in [1.82, 2.24) is 0 Å². The van der Waals surface area contributed by atoms with Gasteiger partial charge < -0.3 is 19.7 Å². The summed E-state index contributed by atoms with van der Waals surface area (Å²) in [6, 6.07) is 14.5. The second-order valence-corrected chi connectivity index (χ2v) is 6.05. The van der Waals surface area contributed by atoms with Crippen LogP contribution in [0.3, 0.4) is 0 Å². The van der Waals surface area contributed by atoms with E-state index in [0.29, 0.717) is 18.8 Å². The molecule has 0 bridgehead atoms. The molecule has 0 spiro atoms. The Balaban J connectivity index is 1.63. The molecule has 1 fully saturated rings. The molecule has 0 unspecified atom stereocenters. The first-order valence-electron chi connectivity index (χ1n) is 8.59. The third kappa shape index (κ3) is 3.96. The van der Waals surface area contributed by atoms with E-state index >= 15 is 0 Å². The highest BCUT2D eigenvalue weighted by molar-refractivity contribution is 6.03. The number of anilines is 2. The summed E-state index contributed by atoms with van der Waals surface area (Å²) in [6.07, 6.45) is 0.204. The van der Waals surface area contributed by atoms with Gasteiger partial charge in [0.15, 0.2) is 0 Å². The Morgan fingerprint density at radius 1 is 1.12 bits per heavy atom. The Morgan fingerprint density at radius 2 is 1.77 bits per heavy atom. The lowest BCUT2D eigenvalue weighted by Crippen LogP contribution is -2.28. The molecular formula is C20H22N2O4. The number of rotatable bonds is 6. The van der Waals surface area contributed by atoms with E-state index in [2.05, 4.69) is 5.32 Å². The fourth-order valence-corrected chi connectivity index (χ4v) is 2.94. The Bertz CT molecular complexity index is 771. The molecule has 1 atom stereocenters. The number of nitrogens with one attached hydrogen (secondary N) is 1. The van der Waals surface area contributed by atoms with E-state index in [0.717, 1.165) is 17.2 Å². The molecule has 0 radical (unpaired) electrons. The van der Waals surface area contributed by atoms with Crippen LogP contribution in [0.25, 0.3) is 0 Å². The molecule has 2 amide bonds. The van der Waals surface area contributed by atoms with Crippen LogP contribution in [0, 0.1) is 5.92 Å². The standard InChI is InChI=1S/C20H22N2O4/c1-3-26-18-10-6-16(7-11-18)22-13-14(12-19(22)23)20(24)21-15-4-8-17(25-2)9-5-15/h4-11,14H,3,12-13H2,1-2H3,(H,21,24)/t14-/m1/s1. The molecule has 2 aromatic rings. The number of nitrogens with zero attached hydrogens (tertiary/aromatic N) is 1. The zero-order chi connectivity index (χ0) is 18.5. The number of ether oxygens (including phenoxy) is 2. The minimum absolute atomic E-state index is 0.0518. The van der Waals surface area contributed by atoms with Gasteiger partial charge in [-0.05, 0) is 55.5 Å². The van der Waals surface area contributed by atoms with Crippen LogP contribution in [0.15, 0.2) is 48.5 Å². The SMILES string of the molecule is CCOc1ccc(N2C[C@H](C(=O)Nc3ccc(OC)cc3)CC2=O)cc1. The van der Waals surface area contributed by atoms with E-state index in [1.807, 2.05) is 31.2 Å². The van der Waals surface area contributed by atoms with Crippen molar-refractivity contribution < 1.29 is 19.1 Å². The van der Waals surface area contributed by atoms with Crippen molar-refractivity contribution >= 4 is 23.2 Å². The van der Waals surface area contributed by atoms with Crippen molar-refractivity contribution in [3.8, 4) is 11.5 Å². The monoisotopic (exact) mass is 354 g/mol. The smallest absolute Gasteiger partial charge is 0.229 e. The van der Waals surface area contributed by atoms with Gasteiger partial charge in [-0.25, -0.2) is 0 Å². The molecule has 0 aromatic heterocycles. The molecule has 6 heteroatoms. The number of hydrogen-bond acceptors (Lipinski definition) is 4. The summed E-state index contributed by atoms with van der Waals surface area (Å²) in [7, 11) is 1.59. The summed E-state index contributed by atoms with van der Waals surface area (Å²) in [5, 5.41) is 2.86. The van der Waals surface area contributed by atoms with Crippen LogP contribution < -0.4 is 19.7 Å². The van der Waals surface area contributed by atoms with Crippen LogP contribution in [-0.2, 0) is 9.59 Å². The minimum Gasteiger partial charge on any atom is -0.497 e. The van der Waals surface area contributed by atoms with Crippen LogP contribution in [0.2, 0.25) is 0 Å². The predicted octanol–water partition coefficient (Wildman–Crippen LogP) is 3.09. The lowest BCUT2D eigenvalue weighted by Gasteiger charge is -2.17. The van der Waals surface area contributed by atoms with Gasteiger partial charge in [0.1, 0.15) is 11.5 Å².